The highest BCUT2D eigenvalue weighted by molar-refractivity contribution is 7.13. The molecule has 0 amide bonds. The van der Waals surface area contributed by atoms with E-state index in [9.17, 15) is 9.90 Å². The molecular weight excluding hydrogens is 454 g/mol. The number of aromatic hydroxyl groups is 1. The minimum absolute atomic E-state index is 0.0635. The van der Waals surface area contributed by atoms with Gasteiger partial charge in [-0.15, -0.1) is 0 Å². The van der Waals surface area contributed by atoms with E-state index in [1.165, 1.54) is 55.2 Å². The van der Waals surface area contributed by atoms with E-state index in [0.29, 0.717) is 4.88 Å². The van der Waals surface area contributed by atoms with Gasteiger partial charge in [-0.2, -0.15) is 0 Å². The van der Waals surface area contributed by atoms with Gasteiger partial charge in [-0.05, 0) is 113 Å². The van der Waals surface area contributed by atoms with Crippen molar-refractivity contribution in [1.29, 1.82) is 0 Å². The average Bonchev–Trinajstić information content (AvgIpc) is 3.20. The van der Waals surface area contributed by atoms with Crippen molar-refractivity contribution >= 4 is 22.1 Å². The van der Waals surface area contributed by atoms with Crippen LogP contribution in [0.3, 0.4) is 0 Å². The Hall–Kier alpha value is -3.05. The highest BCUT2D eigenvalue weighted by Gasteiger charge is 2.52. The van der Waals surface area contributed by atoms with E-state index in [0.717, 1.165) is 51.2 Å². The molecule has 1 aromatic heterocycles. The lowest BCUT2D eigenvalue weighted by Gasteiger charge is -2.57. The Morgan fingerprint density at radius 1 is 0.857 bits per heavy atom. The zero-order chi connectivity index (χ0) is 23.7. The molecule has 4 fully saturated rings. The molecule has 4 nitrogen and oxygen atoms in total. The average molecular weight is 484 g/mol. The number of H-pyrrole nitrogens is 1. The second kappa shape index (κ2) is 7.72. The second-order valence-electron chi connectivity index (χ2n) is 11.1. The maximum atomic E-state index is 11.6. The minimum atomic E-state index is -0.248. The molecule has 8 rings (SSSR count). The smallest absolute Gasteiger partial charge is 0.307 e. The van der Waals surface area contributed by atoms with Gasteiger partial charge in [-0.1, -0.05) is 41.7 Å². The Balaban J connectivity index is 1.28. The van der Waals surface area contributed by atoms with Crippen LogP contribution in [0.1, 0.15) is 44.1 Å². The van der Waals surface area contributed by atoms with E-state index in [-0.39, 0.29) is 16.2 Å². The Kier molecular flexibility index (Phi) is 4.69. The number of hydrogen-bond acceptors (Lipinski definition) is 4. The number of aromatic nitrogens is 1. The lowest BCUT2D eigenvalue weighted by molar-refractivity contribution is -0.00613. The number of benzene rings is 3. The molecule has 0 unspecified atom stereocenters. The molecule has 4 saturated carbocycles. The van der Waals surface area contributed by atoms with Gasteiger partial charge in [-0.3, -0.25) is 9.78 Å². The fourth-order valence-corrected chi connectivity index (χ4v) is 8.55. The standard InChI is InChI=1S/C30H29NO3S/c1-34-26-7-6-23(13-25(26)30-14-17-8-18(15-30)10-19(9-17)16-30)21-2-3-22-12-24(5-4-20(22)11-21)27-28(32)31-29(33)35-27/h2-7,11-13,17-19,32H,8-10,14-16H2,1H3,(H,31,33). The molecule has 3 aromatic carbocycles. The van der Waals surface area contributed by atoms with Crippen molar-refractivity contribution in [3.63, 3.8) is 0 Å². The third-order valence-corrected chi connectivity index (χ3v) is 9.80. The predicted octanol–water partition coefficient (Wildman–Crippen LogP) is 7.11. The van der Waals surface area contributed by atoms with Gasteiger partial charge in [0.25, 0.3) is 0 Å². The second-order valence-corrected chi connectivity index (χ2v) is 12.1. The molecule has 0 atom stereocenters. The summed E-state index contributed by atoms with van der Waals surface area (Å²) >= 11 is 1.03. The topological polar surface area (TPSA) is 62.3 Å². The molecule has 0 saturated heterocycles. The number of rotatable bonds is 4. The number of methoxy groups -OCH3 is 1. The van der Waals surface area contributed by atoms with Crippen molar-refractivity contribution in [2.24, 2.45) is 17.8 Å². The largest absolute Gasteiger partial charge is 0.496 e. The van der Waals surface area contributed by atoms with E-state index in [4.69, 9.17) is 4.74 Å². The molecule has 4 aromatic rings. The molecule has 4 aliphatic rings. The van der Waals surface area contributed by atoms with Gasteiger partial charge in [-0.25, -0.2) is 0 Å². The third kappa shape index (κ3) is 3.43. The summed E-state index contributed by atoms with van der Waals surface area (Å²) in [6.45, 7) is 0. The zero-order valence-electron chi connectivity index (χ0n) is 19.8. The summed E-state index contributed by atoms with van der Waals surface area (Å²) in [6.07, 6.45) is 8.26. The van der Waals surface area contributed by atoms with Crippen LogP contribution in [0.4, 0.5) is 0 Å². The van der Waals surface area contributed by atoms with Crippen molar-refractivity contribution in [3.05, 3.63) is 69.8 Å². The van der Waals surface area contributed by atoms with E-state index in [1.54, 1.807) is 0 Å². The number of hydrogen-bond donors (Lipinski definition) is 2. The van der Waals surface area contributed by atoms with Crippen LogP contribution < -0.4 is 9.61 Å². The van der Waals surface area contributed by atoms with E-state index in [1.807, 2.05) is 19.2 Å². The van der Waals surface area contributed by atoms with Crippen LogP contribution in [0.2, 0.25) is 0 Å². The number of aromatic amines is 1. The molecule has 35 heavy (non-hydrogen) atoms. The number of nitrogens with one attached hydrogen (secondary N) is 1. The van der Waals surface area contributed by atoms with Gasteiger partial charge in [0.05, 0.1) is 12.0 Å². The fourth-order valence-electron chi connectivity index (χ4n) is 7.82. The van der Waals surface area contributed by atoms with Crippen LogP contribution in [-0.2, 0) is 5.41 Å². The molecule has 4 aliphatic carbocycles. The zero-order valence-corrected chi connectivity index (χ0v) is 20.7. The summed E-state index contributed by atoms with van der Waals surface area (Å²) in [5.74, 6) is 3.66. The highest BCUT2D eigenvalue weighted by Crippen LogP contribution is 2.62. The highest BCUT2D eigenvalue weighted by atomic mass is 32.1. The summed E-state index contributed by atoms with van der Waals surface area (Å²) < 4.78 is 5.92. The normalized spacial score (nSPS) is 26.9. The van der Waals surface area contributed by atoms with Crippen molar-refractivity contribution in [1.82, 2.24) is 4.98 Å². The SMILES string of the molecule is COc1ccc(-c2ccc3cc(-c4sc(=O)[nH]c4O)ccc3c2)cc1C12CC3CC(CC(C3)C1)C2. The molecule has 0 aliphatic heterocycles. The number of fused-ring (bicyclic) bond motifs is 1. The van der Waals surface area contributed by atoms with E-state index in [2.05, 4.69) is 47.4 Å². The predicted molar refractivity (Wildman–Crippen MR) is 141 cm³/mol. The Bertz CT molecular complexity index is 1480. The van der Waals surface area contributed by atoms with Gasteiger partial charge >= 0.3 is 4.87 Å². The molecular formula is C30H29NO3S. The van der Waals surface area contributed by atoms with Crippen LogP contribution in [0.5, 0.6) is 11.6 Å². The molecule has 178 valence electrons. The van der Waals surface area contributed by atoms with Gasteiger partial charge in [0.2, 0.25) is 5.88 Å². The van der Waals surface area contributed by atoms with Gasteiger partial charge in [0.15, 0.2) is 0 Å². The van der Waals surface area contributed by atoms with Gasteiger partial charge in [0, 0.05) is 5.56 Å². The van der Waals surface area contributed by atoms with Crippen molar-refractivity contribution in [2.45, 2.75) is 43.9 Å². The first-order chi connectivity index (χ1) is 17.0. The van der Waals surface area contributed by atoms with Gasteiger partial charge in [0.1, 0.15) is 5.75 Å². The molecule has 5 heteroatoms. The van der Waals surface area contributed by atoms with Gasteiger partial charge < -0.3 is 9.84 Å². The summed E-state index contributed by atoms with van der Waals surface area (Å²) in [4.78, 5) is 14.4. The van der Waals surface area contributed by atoms with Crippen LogP contribution in [0, 0.1) is 17.8 Å². The maximum Gasteiger partial charge on any atom is 0.307 e. The molecule has 1 heterocycles. The van der Waals surface area contributed by atoms with Crippen LogP contribution >= 0.6 is 11.3 Å². The number of ether oxygens (including phenoxy) is 1. The first kappa shape index (κ1) is 21.3. The van der Waals surface area contributed by atoms with E-state index < -0.39 is 0 Å². The molecule has 0 spiro atoms. The molecule has 0 radical (unpaired) electrons. The third-order valence-electron chi connectivity index (χ3n) is 8.88. The van der Waals surface area contributed by atoms with Crippen LogP contribution in [0.15, 0.2) is 59.4 Å². The number of thiazole rings is 1. The molecule has 2 N–H and O–H groups in total. The summed E-state index contributed by atoms with van der Waals surface area (Å²) in [7, 11) is 1.81. The summed E-state index contributed by atoms with van der Waals surface area (Å²) in [5.41, 5.74) is 4.99. The van der Waals surface area contributed by atoms with Crippen molar-refractivity contribution in [2.75, 3.05) is 7.11 Å². The lowest BCUT2D eigenvalue weighted by Crippen LogP contribution is -2.48. The van der Waals surface area contributed by atoms with Crippen molar-refractivity contribution in [3.8, 4) is 33.2 Å². The lowest BCUT2D eigenvalue weighted by atomic mass is 9.48. The summed E-state index contributed by atoms with van der Waals surface area (Å²) in [5, 5.41) is 12.3. The minimum Gasteiger partial charge on any atom is -0.496 e. The Labute approximate surface area is 208 Å². The monoisotopic (exact) mass is 483 g/mol. The first-order valence-electron chi connectivity index (χ1n) is 12.6. The Morgan fingerprint density at radius 2 is 1.43 bits per heavy atom. The van der Waals surface area contributed by atoms with Crippen LogP contribution in [0.25, 0.3) is 32.3 Å². The Morgan fingerprint density at radius 3 is 2.03 bits per heavy atom. The van der Waals surface area contributed by atoms with Crippen molar-refractivity contribution < 1.29 is 9.84 Å². The quantitative estimate of drug-likeness (QED) is 0.325. The fraction of sp³-hybridized carbons (Fsp3) is 0.367. The molecule has 4 bridgehead atoms. The summed E-state index contributed by atoms with van der Waals surface area (Å²) in [6, 6.07) is 19.4. The maximum absolute atomic E-state index is 11.6. The van der Waals surface area contributed by atoms with Crippen LogP contribution in [-0.4, -0.2) is 17.2 Å². The van der Waals surface area contributed by atoms with E-state index >= 15 is 0 Å². The first-order valence-corrected chi connectivity index (χ1v) is 13.5.